The molecule has 0 aliphatic heterocycles. The minimum absolute atomic E-state index is 0.00932. The van der Waals surface area contributed by atoms with Crippen LogP contribution in [0.1, 0.15) is 5.56 Å². The second-order valence-electron chi connectivity index (χ2n) is 5.78. The first-order chi connectivity index (χ1) is 14.2. The van der Waals surface area contributed by atoms with Crippen LogP contribution in [-0.2, 0) is 9.53 Å². The molecule has 30 heavy (non-hydrogen) atoms. The van der Waals surface area contributed by atoms with E-state index in [1.54, 1.807) is 24.3 Å². The summed E-state index contributed by atoms with van der Waals surface area (Å²) in [6.45, 7) is 3.74. The zero-order valence-corrected chi connectivity index (χ0v) is 17.6. The lowest BCUT2D eigenvalue weighted by Crippen LogP contribution is -2.26. The number of carbonyl (C=O) groups excluding carboxylic acids is 1. The van der Waals surface area contributed by atoms with E-state index >= 15 is 0 Å². The van der Waals surface area contributed by atoms with Crippen LogP contribution in [0.4, 0.5) is 15.8 Å². The maximum Gasteiger partial charge on any atom is 0.356 e. The highest BCUT2D eigenvalue weighted by atomic mass is 35.5. The summed E-state index contributed by atoms with van der Waals surface area (Å²) < 4.78 is 24.3. The average Bonchev–Trinajstić information content (AvgIpc) is 2.72. The Hall–Kier alpha value is -3.23. The molecule has 0 aliphatic carbocycles. The largest absolute Gasteiger partial charge is 0.492 e. The summed E-state index contributed by atoms with van der Waals surface area (Å²) in [7, 11) is 2.42. The number of aliphatic imine (C=N–C) groups is 1. The summed E-state index contributed by atoms with van der Waals surface area (Å²) in [6, 6.07) is 9.46. The molecular weight excluding hydrogens is 434 g/mol. The topological polar surface area (TPSA) is 112 Å². The van der Waals surface area contributed by atoms with E-state index in [1.165, 1.54) is 19.2 Å². The molecule has 0 radical (unpaired) electrons. The molecule has 2 aromatic carbocycles. The maximum atomic E-state index is 14.7. The molecule has 0 heterocycles. The van der Waals surface area contributed by atoms with E-state index in [4.69, 9.17) is 44.1 Å². The molecule has 0 atom stereocenters. The number of benzene rings is 2. The minimum atomic E-state index is -0.873. The van der Waals surface area contributed by atoms with Gasteiger partial charge in [-0.2, -0.15) is 0 Å². The fourth-order valence-electron chi connectivity index (χ4n) is 2.36. The molecule has 0 saturated heterocycles. The number of rotatable bonds is 7. The third-order valence-corrected chi connectivity index (χ3v) is 4.55. The first-order valence-electron chi connectivity index (χ1n) is 8.36. The van der Waals surface area contributed by atoms with E-state index in [1.807, 2.05) is 0 Å². The molecule has 0 amide bonds. The lowest BCUT2D eigenvalue weighted by Gasteiger charge is -2.16. The van der Waals surface area contributed by atoms with Gasteiger partial charge < -0.3 is 26.3 Å². The predicted octanol–water partition coefficient (Wildman–Crippen LogP) is 3.94. The van der Waals surface area contributed by atoms with Crippen molar-refractivity contribution in [3.05, 3.63) is 70.1 Å². The van der Waals surface area contributed by atoms with Crippen LogP contribution in [0.15, 0.2) is 58.7 Å². The quantitative estimate of drug-likeness (QED) is 0.193. The Bertz CT molecular complexity index is 1050. The smallest absolute Gasteiger partial charge is 0.356 e. The second-order valence-corrected chi connectivity index (χ2v) is 6.57. The van der Waals surface area contributed by atoms with Crippen molar-refractivity contribution in [1.29, 1.82) is 0 Å². The number of hydrogen-bond donors (Lipinski definition) is 3. The van der Waals surface area contributed by atoms with E-state index in [9.17, 15) is 9.18 Å². The van der Waals surface area contributed by atoms with Crippen molar-refractivity contribution in [1.82, 2.24) is 5.32 Å². The zero-order chi connectivity index (χ0) is 22.4. The van der Waals surface area contributed by atoms with Crippen molar-refractivity contribution in [2.45, 2.75) is 0 Å². The Morgan fingerprint density at radius 2 is 1.90 bits per heavy atom. The third kappa shape index (κ3) is 5.03. The van der Waals surface area contributed by atoms with Gasteiger partial charge in [-0.1, -0.05) is 41.9 Å². The van der Waals surface area contributed by atoms with Gasteiger partial charge in [0, 0.05) is 11.3 Å². The Kier molecular flexibility index (Phi) is 7.68. The molecule has 5 N–H and O–H groups in total. The SMILES string of the molecule is C=C(NC(C(=O)OC)=C(Cl)C(N)=Nc1ccccc1N)c1ccc(Cl)c(OC)c1F. The van der Waals surface area contributed by atoms with Crippen LogP contribution in [0.5, 0.6) is 5.75 Å². The number of carbonyl (C=O) groups is 1. The lowest BCUT2D eigenvalue weighted by molar-refractivity contribution is -0.136. The highest BCUT2D eigenvalue weighted by molar-refractivity contribution is 6.45. The van der Waals surface area contributed by atoms with Gasteiger partial charge in [0.2, 0.25) is 0 Å². The molecule has 0 aliphatic rings. The van der Waals surface area contributed by atoms with Crippen LogP contribution < -0.4 is 21.5 Å². The van der Waals surface area contributed by atoms with E-state index in [2.05, 4.69) is 16.9 Å². The molecule has 0 saturated carbocycles. The van der Waals surface area contributed by atoms with Gasteiger partial charge in [-0.3, -0.25) is 0 Å². The highest BCUT2D eigenvalue weighted by Crippen LogP contribution is 2.32. The van der Waals surface area contributed by atoms with Crippen LogP contribution in [-0.4, -0.2) is 26.0 Å². The molecular formula is C20H19Cl2FN4O3. The van der Waals surface area contributed by atoms with Crippen molar-refractivity contribution in [2.24, 2.45) is 10.7 Å². The first kappa shape index (κ1) is 23.1. The van der Waals surface area contributed by atoms with Gasteiger partial charge in [0.1, 0.15) is 16.6 Å². The molecule has 0 unspecified atom stereocenters. The summed E-state index contributed by atoms with van der Waals surface area (Å²) in [6.07, 6.45) is 0. The number of nitrogens with zero attached hydrogens (tertiary/aromatic N) is 1. The minimum Gasteiger partial charge on any atom is -0.492 e. The summed E-state index contributed by atoms with van der Waals surface area (Å²) in [5.41, 5.74) is 12.2. The molecule has 0 bridgehead atoms. The fraction of sp³-hybridized carbons (Fsp3) is 0.100. The Morgan fingerprint density at radius 3 is 2.50 bits per heavy atom. The van der Waals surface area contributed by atoms with Gasteiger partial charge >= 0.3 is 5.97 Å². The van der Waals surface area contributed by atoms with Crippen LogP contribution >= 0.6 is 23.2 Å². The maximum absolute atomic E-state index is 14.7. The Labute approximate surface area is 182 Å². The molecule has 2 aromatic rings. The first-order valence-corrected chi connectivity index (χ1v) is 9.12. The van der Waals surface area contributed by atoms with Crippen LogP contribution in [0.25, 0.3) is 5.70 Å². The normalized spacial score (nSPS) is 12.1. The number of para-hydroxylation sites is 2. The van der Waals surface area contributed by atoms with Crippen LogP contribution in [0.3, 0.4) is 0 Å². The van der Waals surface area contributed by atoms with Gasteiger partial charge in [-0.05, 0) is 24.3 Å². The zero-order valence-electron chi connectivity index (χ0n) is 16.1. The van der Waals surface area contributed by atoms with Gasteiger partial charge in [0.05, 0.1) is 30.6 Å². The van der Waals surface area contributed by atoms with Gasteiger partial charge in [-0.25, -0.2) is 14.2 Å². The van der Waals surface area contributed by atoms with E-state index in [-0.39, 0.29) is 38.6 Å². The molecule has 10 heteroatoms. The van der Waals surface area contributed by atoms with Crippen LogP contribution in [0.2, 0.25) is 5.02 Å². The van der Waals surface area contributed by atoms with Gasteiger partial charge in [0.15, 0.2) is 11.6 Å². The third-order valence-electron chi connectivity index (χ3n) is 3.87. The van der Waals surface area contributed by atoms with Crippen molar-refractivity contribution in [2.75, 3.05) is 20.0 Å². The number of anilines is 1. The number of amidine groups is 1. The highest BCUT2D eigenvalue weighted by Gasteiger charge is 2.22. The molecule has 2 rings (SSSR count). The summed E-state index contributed by atoms with van der Waals surface area (Å²) in [4.78, 5) is 16.4. The predicted molar refractivity (Wildman–Crippen MR) is 117 cm³/mol. The standard InChI is InChI=1S/C20H19Cl2FN4O3/c1-10(11-8-9-12(21)18(29-2)16(11)23)26-17(20(28)30-3)15(22)19(25)27-14-7-5-4-6-13(14)24/h4-9,26H,1,24H2,2-3H3,(H2,25,27). The summed E-state index contributed by atoms with van der Waals surface area (Å²) in [5, 5.41) is 2.43. The fourth-order valence-corrected chi connectivity index (χ4v) is 2.75. The number of nitrogen functional groups attached to an aromatic ring is 1. The number of halogens is 3. The van der Waals surface area contributed by atoms with Crippen molar-refractivity contribution < 1.29 is 18.7 Å². The number of methoxy groups -OCH3 is 2. The molecule has 7 nitrogen and oxygen atoms in total. The number of esters is 1. The van der Waals surface area contributed by atoms with E-state index in [0.29, 0.717) is 11.4 Å². The van der Waals surface area contributed by atoms with Crippen molar-refractivity contribution in [3.63, 3.8) is 0 Å². The van der Waals surface area contributed by atoms with E-state index < -0.39 is 11.8 Å². The molecule has 0 spiro atoms. The molecule has 158 valence electrons. The van der Waals surface area contributed by atoms with Crippen molar-refractivity contribution >= 4 is 52.1 Å². The molecule has 0 fully saturated rings. The van der Waals surface area contributed by atoms with Crippen LogP contribution in [0, 0.1) is 5.82 Å². The number of nitrogens with two attached hydrogens (primary N) is 2. The van der Waals surface area contributed by atoms with E-state index in [0.717, 1.165) is 7.11 Å². The number of nitrogens with one attached hydrogen (secondary N) is 1. The Morgan fingerprint density at radius 1 is 1.23 bits per heavy atom. The molecule has 0 aromatic heterocycles. The lowest BCUT2D eigenvalue weighted by atomic mass is 10.1. The average molecular weight is 453 g/mol. The van der Waals surface area contributed by atoms with Crippen molar-refractivity contribution in [3.8, 4) is 5.75 Å². The monoisotopic (exact) mass is 452 g/mol. The number of hydrogen-bond acceptors (Lipinski definition) is 6. The summed E-state index contributed by atoms with van der Waals surface area (Å²) >= 11 is 12.2. The van der Waals surface area contributed by atoms with Gasteiger partial charge in [0.25, 0.3) is 0 Å². The van der Waals surface area contributed by atoms with Gasteiger partial charge in [-0.15, -0.1) is 0 Å². The number of ether oxygens (including phenoxy) is 2. The second kappa shape index (κ2) is 10.00. The summed E-state index contributed by atoms with van der Waals surface area (Å²) in [5.74, 6) is -2.04. The Balaban J connectivity index is 2.47.